The molecule has 0 fully saturated rings. The molecule has 3 rings (SSSR count). The van der Waals surface area contributed by atoms with Gasteiger partial charge in [0.1, 0.15) is 0 Å². The zero-order valence-electron chi connectivity index (χ0n) is 15.3. The number of benzene rings is 1. The highest BCUT2D eigenvalue weighted by atomic mass is 16.5. The summed E-state index contributed by atoms with van der Waals surface area (Å²) >= 11 is 0. The number of nitrogens with zero attached hydrogens (tertiary/aromatic N) is 4. The van der Waals surface area contributed by atoms with Crippen LogP contribution in [0.3, 0.4) is 0 Å². The van der Waals surface area contributed by atoms with Crippen LogP contribution >= 0.6 is 0 Å². The first-order valence-electron chi connectivity index (χ1n) is 8.43. The van der Waals surface area contributed by atoms with Crippen LogP contribution < -0.4 is 21.1 Å². The molecule has 0 unspecified atom stereocenters. The van der Waals surface area contributed by atoms with Gasteiger partial charge in [-0.25, -0.2) is 0 Å². The first kappa shape index (κ1) is 18.8. The molecule has 0 spiro atoms. The number of carbonyl (C=O) groups excluding carboxylic acids is 2. The maximum Gasteiger partial charge on any atom is 0.271 e. The average Bonchev–Trinajstić information content (AvgIpc) is 3.17. The molecule has 28 heavy (non-hydrogen) atoms. The van der Waals surface area contributed by atoms with Crippen LogP contribution in [-0.4, -0.2) is 39.4 Å². The predicted octanol–water partition coefficient (Wildman–Crippen LogP) is 1.78. The van der Waals surface area contributed by atoms with E-state index in [9.17, 15) is 9.59 Å². The summed E-state index contributed by atoms with van der Waals surface area (Å²) in [5, 5.41) is 17.5. The Labute approximate surface area is 160 Å². The van der Waals surface area contributed by atoms with Crippen molar-refractivity contribution in [1.82, 2.24) is 20.0 Å². The zero-order chi connectivity index (χ0) is 20.1. The Morgan fingerprint density at radius 2 is 2.11 bits per heavy atom. The van der Waals surface area contributed by atoms with Crippen molar-refractivity contribution in [2.75, 3.05) is 17.7 Å². The molecule has 2 heterocycles. The van der Waals surface area contributed by atoms with Crippen LogP contribution in [-0.2, 0) is 11.3 Å². The van der Waals surface area contributed by atoms with Gasteiger partial charge in [0.15, 0.2) is 17.3 Å². The van der Waals surface area contributed by atoms with Crippen LogP contribution in [0.1, 0.15) is 17.4 Å². The number of anilines is 3. The number of ether oxygens (including phenoxy) is 1. The highest BCUT2D eigenvalue weighted by molar-refractivity contribution is 5.98. The molecule has 4 N–H and O–H groups in total. The Morgan fingerprint density at radius 3 is 2.75 bits per heavy atom. The normalized spacial score (nSPS) is 10.4. The fourth-order valence-electron chi connectivity index (χ4n) is 2.68. The van der Waals surface area contributed by atoms with Crippen molar-refractivity contribution in [2.24, 2.45) is 5.73 Å². The van der Waals surface area contributed by atoms with E-state index in [4.69, 9.17) is 10.5 Å². The van der Waals surface area contributed by atoms with Crippen LogP contribution in [0.15, 0.2) is 36.5 Å². The number of nitrogens with one attached hydrogen (secondary N) is 2. The Morgan fingerprint density at radius 1 is 1.29 bits per heavy atom. The molecule has 0 saturated heterocycles. The lowest BCUT2D eigenvalue weighted by Gasteiger charge is -2.15. The molecule has 0 aliphatic heterocycles. The Balaban J connectivity index is 2.05. The van der Waals surface area contributed by atoms with Gasteiger partial charge < -0.3 is 21.1 Å². The Kier molecular flexibility index (Phi) is 5.49. The first-order valence-corrected chi connectivity index (χ1v) is 8.43. The fraction of sp³-hybridized carbons (Fsp3) is 0.167. The monoisotopic (exact) mass is 381 g/mol. The van der Waals surface area contributed by atoms with E-state index in [1.807, 2.05) is 36.0 Å². The van der Waals surface area contributed by atoms with Crippen molar-refractivity contribution < 1.29 is 14.3 Å². The second kappa shape index (κ2) is 8.16. The summed E-state index contributed by atoms with van der Waals surface area (Å²) in [6.45, 7) is 2.75. The predicted molar refractivity (Wildman–Crippen MR) is 103 cm³/mol. The van der Waals surface area contributed by atoms with Gasteiger partial charge in [0, 0.05) is 24.4 Å². The molecular weight excluding hydrogens is 362 g/mol. The minimum atomic E-state index is -0.760. The van der Waals surface area contributed by atoms with Gasteiger partial charge in [-0.2, -0.15) is 5.10 Å². The molecule has 0 bridgehead atoms. The second-order valence-corrected chi connectivity index (χ2v) is 5.69. The number of aromatic nitrogens is 4. The number of hydrogen-bond acceptors (Lipinski definition) is 7. The van der Waals surface area contributed by atoms with Gasteiger partial charge in [0.2, 0.25) is 6.41 Å². The summed E-state index contributed by atoms with van der Waals surface area (Å²) in [4.78, 5) is 22.4. The van der Waals surface area contributed by atoms with Gasteiger partial charge in [-0.3, -0.25) is 14.3 Å². The standard InChI is InChI=1S/C18H19N7O3/c1-3-25-8-7-12(24-25)11-5-4-6-13(17(11)28-2)21-14-9-15(20-10-26)22-23-16(14)18(19)27/h4-10H,3H2,1-2H3,(H2,19,27)(H2,20,21,22,26). The number of primary amides is 1. The first-order chi connectivity index (χ1) is 13.6. The van der Waals surface area contributed by atoms with Crippen molar-refractivity contribution >= 4 is 29.5 Å². The van der Waals surface area contributed by atoms with E-state index in [-0.39, 0.29) is 17.2 Å². The number of nitrogens with two attached hydrogens (primary N) is 1. The number of aryl methyl sites for hydroxylation is 1. The molecule has 144 valence electrons. The second-order valence-electron chi connectivity index (χ2n) is 5.69. The third-order valence-corrected chi connectivity index (χ3v) is 3.96. The van der Waals surface area contributed by atoms with E-state index in [1.54, 1.807) is 13.2 Å². The number of amides is 2. The van der Waals surface area contributed by atoms with Gasteiger partial charge in [-0.05, 0) is 25.1 Å². The summed E-state index contributed by atoms with van der Waals surface area (Å²) in [7, 11) is 1.54. The minimum Gasteiger partial charge on any atom is -0.494 e. The lowest BCUT2D eigenvalue weighted by atomic mass is 10.1. The van der Waals surface area contributed by atoms with Crippen molar-refractivity contribution in [3.05, 3.63) is 42.2 Å². The van der Waals surface area contributed by atoms with Crippen LogP contribution in [0.4, 0.5) is 17.2 Å². The number of hydrogen-bond donors (Lipinski definition) is 3. The molecule has 10 heteroatoms. The van der Waals surface area contributed by atoms with Crippen molar-refractivity contribution in [3.63, 3.8) is 0 Å². The zero-order valence-corrected chi connectivity index (χ0v) is 15.3. The van der Waals surface area contributed by atoms with E-state index in [0.29, 0.717) is 17.8 Å². The van der Waals surface area contributed by atoms with Crippen LogP contribution in [0.25, 0.3) is 11.3 Å². The molecule has 0 aliphatic carbocycles. The maximum atomic E-state index is 11.7. The largest absolute Gasteiger partial charge is 0.494 e. The minimum absolute atomic E-state index is 0.0702. The van der Waals surface area contributed by atoms with Crippen molar-refractivity contribution in [1.29, 1.82) is 0 Å². The highest BCUT2D eigenvalue weighted by Gasteiger charge is 2.17. The SMILES string of the molecule is CCn1ccc(-c2cccc(Nc3cc(NC=O)nnc3C(N)=O)c2OC)n1. The van der Waals surface area contributed by atoms with Gasteiger partial charge >= 0.3 is 0 Å². The van der Waals surface area contributed by atoms with Crippen LogP contribution in [0.5, 0.6) is 5.75 Å². The van der Waals surface area contributed by atoms with Gasteiger partial charge in [0.25, 0.3) is 5.91 Å². The molecule has 2 amide bonds. The quantitative estimate of drug-likeness (QED) is 0.506. The lowest BCUT2D eigenvalue weighted by Crippen LogP contribution is -2.17. The molecular formula is C18H19N7O3. The van der Waals surface area contributed by atoms with E-state index < -0.39 is 5.91 Å². The number of para-hydroxylation sites is 1. The Bertz CT molecular complexity index is 1020. The summed E-state index contributed by atoms with van der Waals surface area (Å²) in [6, 6.07) is 8.83. The summed E-state index contributed by atoms with van der Waals surface area (Å²) in [5.74, 6) is -0.0650. The molecule has 0 atom stereocenters. The van der Waals surface area contributed by atoms with Crippen LogP contribution in [0.2, 0.25) is 0 Å². The number of methoxy groups -OCH3 is 1. The maximum absolute atomic E-state index is 11.7. The highest BCUT2D eigenvalue weighted by Crippen LogP contribution is 2.37. The molecule has 0 saturated carbocycles. The summed E-state index contributed by atoms with van der Waals surface area (Å²) in [6.07, 6.45) is 2.34. The molecule has 0 aliphatic rings. The number of rotatable bonds is 8. The van der Waals surface area contributed by atoms with Crippen LogP contribution in [0, 0.1) is 0 Å². The van der Waals surface area contributed by atoms with Gasteiger partial charge in [-0.1, -0.05) is 6.07 Å². The van der Waals surface area contributed by atoms with Crippen molar-refractivity contribution in [2.45, 2.75) is 13.5 Å². The molecule has 1 aromatic carbocycles. The average molecular weight is 381 g/mol. The third kappa shape index (κ3) is 3.75. The van der Waals surface area contributed by atoms with E-state index in [1.165, 1.54) is 6.07 Å². The van der Waals surface area contributed by atoms with E-state index >= 15 is 0 Å². The molecule has 3 aromatic rings. The number of carbonyl (C=O) groups is 2. The lowest BCUT2D eigenvalue weighted by molar-refractivity contribution is -0.105. The third-order valence-electron chi connectivity index (χ3n) is 3.96. The van der Waals surface area contributed by atoms with Gasteiger partial charge in [-0.15, -0.1) is 10.2 Å². The van der Waals surface area contributed by atoms with E-state index in [2.05, 4.69) is 25.9 Å². The molecule has 2 aromatic heterocycles. The molecule has 10 nitrogen and oxygen atoms in total. The smallest absolute Gasteiger partial charge is 0.271 e. The van der Waals surface area contributed by atoms with Gasteiger partial charge in [0.05, 0.1) is 24.2 Å². The summed E-state index contributed by atoms with van der Waals surface area (Å²) < 4.78 is 7.40. The topological polar surface area (TPSA) is 137 Å². The van der Waals surface area contributed by atoms with E-state index in [0.717, 1.165) is 17.8 Å². The van der Waals surface area contributed by atoms with Crippen molar-refractivity contribution in [3.8, 4) is 17.0 Å². The summed E-state index contributed by atoms with van der Waals surface area (Å²) in [5.41, 5.74) is 7.68. The Hall–Kier alpha value is -3.95. The fourth-order valence-corrected chi connectivity index (χ4v) is 2.68. The molecule has 0 radical (unpaired) electrons.